The fourth-order valence-corrected chi connectivity index (χ4v) is 3.72. The molecule has 2 aromatic rings. The van der Waals surface area contributed by atoms with Crippen LogP contribution in [-0.4, -0.2) is 27.9 Å². The van der Waals surface area contributed by atoms with Gasteiger partial charge < -0.3 is 26.3 Å². The van der Waals surface area contributed by atoms with Crippen molar-refractivity contribution in [2.24, 2.45) is 11.5 Å². The highest BCUT2D eigenvalue weighted by atomic mass is 16.5. The fourth-order valence-electron chi connectivity index (χ4n) is 3.72. The highest BCUT2D eigenvalue weighted by Crippen LogP contribution is 2.36. The van der Waals surface area contributed by atoms with Crippen LogP contribution in [0.15, 0.2) is 48.1 Å². The number of aromatic amines is 1. The predicted octanol–water partition coefficient (Wildman–Crippen LogP) is 3.02. The highest BCUT2D eigenvalue weighted by Gasteiger charge is 2.29. The van der Waals surface area contributed by atoms with Gasteiger partial charge in [0.1, 0.15) is 6.10 Å². The molecule has 1 saturated carbocycles. The number of ether oxygens (including phenoxy) is 2. The molecule has 4 rings (SSSR count). The molecule has 2 aromatic heterocycles. The molecular weight excluding hydrogens is 356 g/mol. The first-order chi connectivity index (χ1) is 13.7. The Morgan fingerprint density at radius 2 is 2.18 bits per heavy atom. The molecule has 6 bridgehead atoms. The molecule has 0 radical (unpaired) electrons. The Kier molecular flexibility index (Phi) is 5.36. The van der Waals surface area contributed by atoms with E-state index in [-0.39, 0.29) is 6.10 Å². The molecule has 8 nitrogen and oxygen atoms in total. The van der Waals surface area contributed by atoms with Crippen LogP contribution in [0.1, 0.15) is 43.7 Å². The van der Waals surface area contributed by atoms with Gasteiger partial charge in [0.2, 0.25) is 5.88 Å². The van der Waals surface area contributed by atoms with Crippen molar-refractivity contribution in [3.63, 3.8) is 0 Å². The van der Waals surface area contributed by atoms with Crippen LogP contribution in [0.25, 0.3) is 0 Å². The van der Waals surface area contributed by atoms with E-state index in [1.54, 1.807) is 12.4 Å². The van der Waals surface area contributed by atoms with Crippen LogP contribution in [0, 0.1) is 0 Å². The molecule has 0 saturated heterocycles. The van der Waals surface area contributed by atoms with E-state index in [0.29, 0.717) is 24.3 Å². The monoisotopic (exact) mass is 382 g/mol. The van der Waals surface area contributed by atoms with Crippen molar-refractivity contribution in [1.82, 2.24) is 15.2 Å². The second kappa shape index (κ2) is 8.24. The van der Waals surface area contributed by atoms with Crippen LogP contribution in [0.5, 0.6) is 5.88 Å². The summed E-state index contributed by atoms with van der Waals surface area (Å²) >= 11 is 0. The summed E-state index contributed by atoms with van der Waals surface area (Å²) < 4.78 is 11.7. The van der Waals surface area contributed by atoms with E-state index in [1.807, 2.05) is 24.3 Å². The van der Waals surface area contributed by atoms with Gasteiger partial charge in [0, 0.05) is 41.7 Å². The molecule has 3 heterocycles. The molecule has 0 spiro atoms. The van der Waals surface area contributed by atoms with Gasteiger partial charge in [-0.3, -0.25) is 5.10 Å². The van der Waals surface area contributed by atoms with Gasteiger partial charge in [-0.1, -0.05) is 0 Å². The molecule has 28 heavy (non-hydrogen) atoms. The fraction of sp³-hybridized carbons (Fsp3) is 0.400. The number of pyridine rings is 1. The first kappa shape index (κ1) is 18.2. The van der Waals surface area contributed by atoms with Crippen molar-refractivity contribution >= 4 is 11.5 Å². The number of hydrogen-bond donors (Lipinski definition) is 4. The minimum Gasteiger partial charge on any atom is -0.478 e. The smallest absolute Gasteiger partial charge is 0.215 e. The standard InChI is InChI=1S/C20H26N6O2/c21-12-13-2-1-7-27-20-10-15(5-6-23-20)24-19-11-17(25-26-19)14-3-4-16(9-14)28-18(22)8-13/h5-6,8,10-12,14,16H,1-4,7,9,21-22H2,(H2,24,25,26)/b13-12-,18-8+. The summed E-state index contributed by atoms with van der Waals surface area (Å²) in [5.41, 5.74) is 14.8. The Morgan fingerprint density at radius 3 is 3.07 bits per heavy atom. The lowest BCUT2D eigenvalue weighted by molar-refractivity contribution is 0.118. The van der Waals surface area contributed by atoms with Crippen LogP contribution in [0.4, 0.5) is 11.5 Å². The molecule has 148 valence electrons. The maximum absolute atomic E-state index is 6.09. The molecule has 6 N–H and O–H groups in total. The molecule has 8 heteroatoms. The third-order valence-corrected chi connectivity index (χ3v) is 5.13. The lowest BCUT2D eigenvalue weighted by Gasteiger charge is -2.14. The van der Waals surface area contributed by atoms with Crippen molar-refractivity contribution in [2.45, 2.75) is 44.1 Å². The first-order valence-electron chi connectivity index (χ1n) is 9.65. The van der Waals surface area contributed by atoms with Crippen molar-refractivity contribution in [3.8, 4) is 5.88 Å². The summed E-state index contributed by atoms with van der Waals surface area (Å²) in [6.45, 7) is 0.527. The van der Waals surface area contributed by atoms with Crippen LogP contribution in [0.3, 0.4) is 0 Å². The molecular formula is C20H26N6O2. The summed E-state index contributed by atoms with van der Waals surface area (Å²) in [4.78, 5) is 4.26. The zero-order valence-corrected chi connectivity index (χ0v) is 15.7. The molecule has 1 aliphatic heterocycles. The molecule has 1 fully saturated rings. The lowest BCUT2D eigenvalue weighted by Crippen LogP contribution is -2.14. The van der Waals surface area contributed by atoms with Gasteiger partial charge >= 0.3 is 0 Å². The van der Waals surface area contributed by atoms with E-state index in [4.69, 9.17) is 20.9 Å². The predicted molar refractivity (Wildman–Crippen MR) is 107 cm³/mol. The van der Waals surface area contributed by atoms with Crippen molar-refractivity contribution in [3.05, 3.63) is 53.8 Å². The normalized spacial score (nSPS) is 26.1. The van der Waals surface area contributed by atoms with Gasteiger partial charge in [0.15, 0.2) is 11.7 Å². The maximum Gasteiger partial charge on any atom is 0.215 e. The van der Waals surface area contributed by atoms with Gasteiger partial charge in [-0.05, 0) is 49.9 Å². The van der Waals surface area contributed by atoms with Gasteiger partial charge in [-0.2, -0.15) is 5.10 Å². The van der Waals surface area contributed by atoms with E-state index in [9.17, 15) is 0 Å². The number of H-pyrrole nitrogens is 1. The third-order valence-electron chi connectivity index (χ3n) is 5.13. The average Bonchev–Trinajstić information content (AvgIpc) is 3.33. The lowest BCUT2D eigenvalue weighted by atomic mass is 10.0. The first-order valence-corrected chi connectivity index (χ1v) is 9.65. The van der Waals surface area contributed by atoms with E-state index >= 15 is 0 Å². The Hall–Kier alpha value is -3.16. The number of fused-ring (bicyclic) bond motifs is 7. The molecule has 0 amide bonds. The van der Waals surface area contributed by atoms with E-state index in [1.165, 1.54) is 0 Å². The number of hydrogen-bond acceptors (Lipinski definition) is 7. The number of nitrogens with zero attached hydrogens (tertiary/aromatic N) is 2. The number of rotatable bonds is 0. The zero-order chi connectivity index (χ0) is 19.3. The Balaban J connectivity index is 1.57. The second-order valence-corrected chi connectivity index (χ2v) is 7.21. The Bertz CT molecular complexity index is 875. The number of anilines is 2. The van der Waals surface area contributed by atoms with Crippen LogP contribution >= 0.6 is 0 Å². The summed E-state index contributed by atoms with van der Waals surface area (Å²) in [7, 11) is 0. The minimum absolute atomic E-state index is 0.102. The molecule has 0 aromatic carbocycles. The van der Waals surface area contributed by atoms with E-state index < -0.39 is 0 Å². The number of aromatic nitrogens is 3. The molecule has 2 aliphatic rings. The topological polar surface area (TPSA) is 124 Å². The summed E-state index contributed by atoms with van der Waals surface area (Å²) in [5, 5.41) is 10.8. The quantitative estimate of drug-likeness (QED) is 0.552. The number of nitrogens with one attached hydrogen (secondary N) is 2. The van der Waals surface area contributed by atoms with Gasteiger partial charge in [0.05, 0.1) is 6.61 Å². The zero-order valence-electron chi connectivity index (χ0n) is 15.7. The highest BCUT2D eigenvalue weighted by molar-refractivity contribution is 5.57. The van der Waals surface area contributed by atoms with Crippen LogP contribution in [-0.2, 0) is 4.74 Å². The van der Waals surface area contributed by atoms with E-state index in [0.717, 1.165) is 54.9 Å². The summed E-state index contributed by atoms with van der Waals surface area (Å²) in [6, 6.07) is 5.81. The summed E-state index contributed by atoms with van der Waals surface area (Å²) in [5.74, 6) is 2.12. The second-order valence-electron chi connectivity index (χ2n) is 7.21. The third kappa shape index (κ3) is 4.39. The number of allylic oxidation sites excluding steroid dienone is 2. The summed E-state index contributed by atoms with van der Waals surface area (Å²) in [6.07, 6.45) is 9.65. The van der Waals surface area contributed by atoms with E-state index in [2.05, 4.69) is 20.5 Å². The Labute approximate surface area is 164 Å². The molecule has 2 unspecified atom stereocenters. The largest absolute Gasteiger partial charge is 0.478 e. The van der Waals surface area contributed by atoms with Crippen LogP contribution in [0.2, 0.25) is 0 Å². The number of nitrogens with two attached hydrogens (primary N) is 2. The van der Waals surface area contributed by atoms with Crippen molar-refractivity contribution in [2.75, 3.05) is 11.9 Å². The van der Waals surface area contributed by atoms with Gasteiger partial charge in [-0.25, -0.2) is 4.98 Å². The molecule has 2 atom stereocenters. The van der Waals surface area contributed by atoms with Crippen molar-refractivity contribution < 1.29 is 9.47 Å². The average molecular weight is 382 g/mol. The maximum atomic E-state index is 6.09. The molecule has 1 aliphatic carbocycles. The Morgan fingerprint density at radius 1 is 1.25 bits per heavy atom. The minimum atomic E-state index is 0.102. The van der Waals surface area contributed by atoms with Crippen LogP contribution < -0.4 is 21.5 Å². The SMILES string of the molecule is N/C=C1\C=C(/N)OC2CCC(C2)c2cc(n[nH]2)Nc2ccnc(c2)OCCC1. The van der Waals surface area contributed by atoms with Gasteiger partial charge in [-0.15, -0.1) is 0 Å². The van der Waals surface area contributed by atoms with Crippen molar-refractivity contribution in [1.29, 1.82) is 0 Å². The van der Waals surface area contributed by atoms with Gasteiger partial charge in [0.25, 0.3) is 0 Å².